The highest BCUT2D eigenvalue weighted by molar-refractivity contribution is 9.10. The lowest BCUT2D eigenvalue weighted by Gasteiger charge is -2.10. The van der Waals surface area contributed by atoms with E-state index in [1.54, 1.807) is 30.3 Å². The number of aromatic nitrogens is 1. The van der Waals surface area contributed by atoms with E-state index in [1.165, 1.54) is 12.3 Å². The van der Waals surface area contributed by atoms with Crippen LogP contribution in [0.15, 0.2) is 55.2 Å². The minimum Gasteiger partial charge on any atom is -0.506 e. The van der Waals surface area contributed by atoms with Crippen molar-refractivity contribution in [3.8, 4) is 5.75 Å². The number of H-pyrrole nitrogens is 1. The molecule has 1 aliphatic rings. The first kappa shape index (κ1) is 19.6. The van der Waals surface area contributed by atoms with Gasteiger partial charge in [-0.1, -0.05) is 18.2 Å². The summed E-state index contributed by atoms with van der Waals surface area (Å²) in [4.78, 5) is 27.4. The Hall–Kier alpha value is -3.39. The molecule has 2 aromatic carbocycles. The highest BCUT2D eigenvalue weighted by Crippen LogP contribution is 2.40. The Bertz CT molecular complexity index is 1430. The van der Waals surface area contributed by atoms with E-state index in [2.05, 4.69) is 31.4 Å². The molecule has 1 amide bonds. The Morgan fingerprint density at radius 2 is 2.03 bits per heavy atom. The van der Waals surface area contributed by atoms with E-state index in [0.717, 1.165) is 42.4 Å². The summed E-state index contributed by atoms with van der Waals surface area (Å²) in [5.74, 6) is 0.451. The molecule has 7 nitrogen and oxygen atoms in total. The highest BCUT2D eigenvalue weighted by Gasteiger charge is 2.23. The molecule has 0 bridgehead atoms. The van der Waals surface area contributed by atoms with Crippen molar-refractivity contribution in [2.75, 3.05) is 0 Å². The number of hydrogen-bond acceptors (Lipinski definition) is 5. The van der Waals surface area contributed by atoms with Crippen molar-refractivity contribution in [2.45, 2.75) is 25.7 Å². The fourth-order valence-electron chi connectivity index (χ4n) is 4.15. The second-order valence-corrected chi connectivity index (χ2v) is 8.35. The van der Waals surface area contributed by atoms with Crippen LogP contribution in [0.1, 0.15) is 40.1 Å². The lowest BCUT2D eigenvalue weighted by molar-refractivity contribution is 0.0956. The van der Waals surface area contributed by atoms with E-state index in [4.69, 9.17) is 4.42 Å². The number of phenols is 1. The van der Waals surface area contributed by atoms with E-state index < -0.39 is 5.91 Å². The molecule has 31 heavy (non-hydrogen) atoms. The molecule has 1 aliphatic carbocycles. The summed E-state index contributed by atoms with van der Waals surface area (Å²) in [6, 6.07) is 10.1. The molecule has 0 saturated carbocycles. The Labute approximate surface area is 184 Å². The van der Waals surface area contributed by atoms with E-state index in [1.807, 2.05) is 0 Å². The fourth-order valence-corrected chi connectivity index (χ4v) is 4.57. The van der Waals surface area contributed by atoms with Crippen molar-refractivity contribution in [3.63, 3.8) is 0 Å². The number of fused-ring (bicyclic) bond motifs is 4. The summed E-state index contributed by atoms with van der Waals surface area (Å²) in [7, 11) is 0. The van der Waals surface area contributed by atoms with Gasteiger partial charge in [0.15, 0.2) is 0 Å². The zero-order valence-electron chi connectivity index (χ0n) is 16.4. The molecule has 0 fully saturated rings. The van der Waals surface area contributed by atoms with Gasteiger partial charge in [0, 0.05) is 39.9 Å². The van der Waals surface area contributed by atoms with Gasteiger partial charge in [-0.3, -0.25) is 9.59 Å². The van der Waals surface area contributed by atoms with Crippen LogP contribution in [0, 0.1) is 0 Å². The molecule has 5 rings (SSSR count). The third-order valence-electron chi connectivity index (χ3n) is 5.56. The zero-order valence-corrected chi connectivity index (χ0v) is 18.0. The summed E-state index contributed by atoms with van der Waals surface area (Å²) in [6.45, 7) is 0. The van der Waals surface area contributed by atoms with Gasteiger partial charge in [0.1, 0.15) is 17.1 Å². The molecule has 4 aromatic rings. The van der Waals surface area contributed by atoms with Gasteiger partial charge in [-0.05, 0) is 47.3 Å². The quantitative estimate of drug-likeness (QED) is 0.299. The van der Waals surface area contributed by atoms with Crippen LogP contribution in [-0.4, -0.2) is 22.2 Å². The summed E-state index contributed by atoms with van der Waals surface area (Å²) >= 11 is 3.36. The second-order valence-electron chi connectivity index (χ2n) is 7.50. The Morgan fingerprint density at radius 3 is 2.90 bits per heavy atom. The summed E-state index contributed by atoms with van der Waals surface area (Å²) in [5.41, 5.74) is 5.12. The molecule has 2 aromatic heterocycles. The van der Waals surface area contributed by atoms with Gasteiger partial charge >= 0.3 is 0 Å². The van der Waals surface area contributed by atoms with Crippen molar-refractivity contribution >= 4 is 49.9 Å². The normalized spacial score (nSPS) is 13.7. The van der Waals surface area contributed by atoms with Gasteiger partial charge in [0.2, 0.25) is 5.56 Å². The molecule has 0 atom stereocenters. The summed E-state index contributed by atoms with van der Waals surface area (Å²) in [5, 5.41) is 16.1. The first-order valence-electron chi connectivity index (χ1n) is 9.94. The van der Waals surface area contributed by atoms with Gasteiger partial charge in [-0.15, -0.1) is 0 Å². The number of benzene rings is 2. The molecule has 156 valence electrons. The van der Waals surface area contributed by atoms with Gasteiger partial charge in [-0.2, -0.15) is 5.10 Å². The number of carbonyl (C=O) groups excluding carboxylic acids is 1. The molecular formula is C23H18BrN3O4. The number of para-hydroxylation sites is 1. The molecule has 0 spiro atoms. The Morgan fingerprint density at radius 1 is 1.23 bits per heavy atom. The number of carbonyl (C=O) groups is 1. The Balaban J connectivity index is 1.52. The van der Waals surface area contributed by atoms with E-state index in [-0.39, 0.29) is 16.9 Å². The van der Waals surface area contributed by atoms with Crippen molar-refractivity contribution in [2.24, 2.45) is 5.10 Å². The minimum absolute atomic E-state index is 0.0290. The SMILES string of the molecule is O=C(N/N=C/c1c(O)c(Br)cc2oc3c(c12)CCCC3)c1cc(=O)[nH]c2ccccc12. The molecule has 2 heterocycles. The number of pyridine rings is 1. The van der Waals surface area contributed by atoms with Crippen molar-refractivity contribution in [3.05, 3.63) is 73.7 Å². The van der Waals surface area contributed by atoms with Crippen molar-refractivity contribution < 1.29 is 14.3 Å². The summed E-state index contributed by atoms with van der Waals surface area (Å²) in [6.07, 6.45) is 5.28. The van der Waals surface area contributed by atoms with Crippen LogP contribution in [0.4, 0.5) is 0 Å². The van der Waals surface area contributed by atoms with Crippen molar-refractivity contribution in [1.82, 2.24) is 10.4 Å². The molecule has 0 aliphatic heterocycles. The van der Waals surface area contributed by atoms with Crippen LogP contribution in [-0.2, 0) is 12.8 Å². The number of aryl methyl sites for hydroxylation is 2. The maximum absolute atomic E-state index is 12.7. The van der Waals surface area contributed by atoms with Crippen LogP contribution < -0.4 is 11.0 Å². The van der Waals surface area contributed by atoms with E-state index in [0.29, 0.717) is 26.5 Å². The van der Waals surface area contributed by atoms with Crippen LogP contribution in [0.3, 0.4) is 0 Å². The lowest BCUT2D eigenvalue weighted by Crippen LogP contribution is -2.20. The summed E-state index contributed by atoms with van der Waals surface area (Å²) < 4.78 is 6.48. The predicted octanol–water partition coefficient (Wildman–Crippen LogP) is 4.39. The molecule has 0 radical (unpaired) electrons. The monoisotopic (exact) mass is 479 g/mol. The average molecular weight is 480 g/mol. The molecule has 0 unspecified atom stereocenters. The Kier molecular flexibility index (Phi) is 4.86. The standard InChI is InChI=1S/C23H18BrN3O4/c24-16-10-19-21(13-6-2-4-8-18(13)31-19)15(22(16)29)11-25-27-23(30)14-9-20(28)26-17-7-3-1-5-12(14)17/h1,3,5,7,9-11,29H,2,4,6,8H2,(H,26,28)(H,27,30)/b25-11+. The molecule has 0 saturated heterocycles. The van der Waals surface area contributed by atoms with Crippen LogP contribution in [0.2, 0.25) is 0 Å². The number of nitrogens with one attached hydrogen (secondary N) is 2. The molecule has 3 N–H and O–H groups in total. The lowest BCUT2D eigenvalue weighted by atomic mass is 9.94. The third-order valence-corrected chi connectivity index (χ3v) is 6.17. The number of halogens is 1. The van der Waals surface area contributed by atoms with Crippen LogP contribution in [0.25, 0.3) is 21.9 Å². The number of aromatic hydroxyl groups is 1. The van der Waals surface area contributed by atoms with Crippen molar-refractivity contribution in [1.29, 1.82) is 0 Å². The first-order chi connectivity index (χ1) is 15.0. The maximum atomic E-state index is 12.7. The minimum atomic E-state index is -0.515. The van der Waals surface area contributed by atoms with Crippen LogP contribution >= 0.6 is 15.9 Å². The smallest absolute Gasteiger partial charge is 0.272 e. The number of nitrogens with zero attached hydrogens (tertiary/aromatic N) is 1. The number of phenolic OH excluding ortho intramolecular Hbond substituents is 1. The number of amides is 1. The molecular weight excluding hydrogens is 462 g/mol. The number of aromatic amines is 1. The molecule has 8 heteroatoms. The fraction of sp³-hybridized carbons (Fsp3) is 0.174. The number of hydrazone groups is 1. The predicted molar refractivity (Wildman–Crippen MR) is 122 cm³/mol. The largest absolute Gasteiger partial charge is 0.506 e. The average Bonchev–Trinajstić information content (AvgIpc) is 3.13. The maximum Gasteiger partial charge on any atom is 0.272 e. The number of hydrogen-bond donors (Lipinski definition) is 3. The second kappa shape index (κ2) is 7.70. The van der Waals surface area contributed by atoms with Crippen LogP contribution in [0.5, 0.6) is 5.75 Å². The van der Waals surface area contributed by atoms with Gasteiger partial charge in [-0.25, -0.2) is 5.43 Å². The van der Waals surface area contributed by atoms with Gasteiger partial charge < -0.3 is 14.5 Å². The number of furan rings is 1. The van der Waals surface area contributed by atoms with E-state index >= 15 is 0 Å². The van der Waals surface area contributed by atoms with Gasteiger partial charge in [0.25, 0.3) is 5.91 Å². The van der Waals surface area contributed by atoms with E-state index in [9.17, 15) is 14.7 Å². The third kappa shape index (κ3) is 3.42. The number of rotatable bonds is 3. The topological polar surface area (TPSA) is 108 Å². The zero-order chi connectivity index (χ0) is 21.5. The first-order valence-corrected chi connectivity index (χ1v) is 10.7. The highest BCUT2D eigenvalue weighted by atomic mass is 79.9. The van der Waals surface area contributed by atoms with Gasteiger partial charge in [0.05, 0.1) is 16.3 Å².